The van der Waals surface area contributed by atoms with Gasteiger partial charge in [-0.25, -0.2) is 4.98 Å². The SMILES string of the molecule is O=C(CSc1nc(-c2ccccc2)cs1)Nc1ccccc1Sc1ccccc1. The molecule has 0 bridgehead atoms. The van der Waals surface area contributed by atoms with Crippen LogP contribution in [0.4, 0.5) is 5.69 Å². The second kappa shape index (κ2) is 9.78. The lowest BCUT2D eigenvalue weighted by molar-refractivity contribution is -0.113. The Hall–Kier alpha value is -2.54. The molecule has 0 saturated heterocycles. The van der Waals surface area contributed by atoms with Crippen LogP contribution in [0.2, 0.25) is 0 Å². The Morgan fingerprint density at radius 2 is 1.59 bits per heavy atom. The number of anilines is 1. The molecule has 1 aromatic heterocycles. The third kappa shape index (κ3) is 5.50. The van der Waals surface area contributed by atoms with Crippen molar-refractivity contribution in [1.82, 2.24) is 4.98 Å². The van der Waals surface area contributed by atoms with Crippen LogP contribution in [0.25, 0.3) is 11.3 Å². The standard InChI is InChI=1S/C23H18N2OS3/c26-22(16-28-23-25-20(15-27-23)17-9-3-1-4-10-17)24-19-13-7-8-14-21(19)29-18-11-5-2-6-12-18/h1-15H,16H2,(H,24,26). The fourth-order valence-corrected chi connectivity index (χ4v) is 5.21. The molecule has 6 heteroatoms. The van der Waals surface area contributed by atoms with E-state index in [1.807, 2.05) is 78.2 Å². The topological polar surface area (TPSA) is 42.0 Å². The summed E-state index contributed by atoms with van der Waals surface area (Å²) in [6.45, 7) is 0. The van der Waals surface area contributed by atoms with Crippen molar-refractivity contribution in [1.29, 1.82) is 0 Å². The Morgan fingerprint density at radius 3 is 2.38 bits per heavy atom. The molecule has 0 unspecified atom stereocenters. The fraction of sp³-hybridized carbons (Fsp3) is 0.0435. The summed E-state index contributed by atoms with van der Waals surface area (Å²) in [5, 5.41) is 5.06. The van der Waals surface area contributed by atoms with Crippen LogP contribution >= 0.6 is 34.9 Å². The number of nitrogens with zero attached hydrogens (tertiary/aromatic N) is 1. The van der Waals surface area contributed by atoms with Gasteiger partial charge in [-0.3, -0.25) is 4.79 Å². The number of carbonyl (C=O) groups excluding carboxylic acids is 1. The van der Waals surface area contributed by atoms with E-state index in [4.69, 9.17) is 0 Å². The number of para-hydroxylation sites is 1. The first-order chi connectivity index (χ1) is 14.3. The number of thiazole rings is 1. The molecule has 29 heavy (non-hydrogen) atoms. The van der Waals surface area contributed by atoms with Crippen molar-refractivity contribution in [3.8, 4) is 11.3 Å². The molecule has 4 rings (SSSR count). The molecule has 0 aliphatic rings. The van der Waals surface area contributed by atoms with Gasteiger partial charge in [-0.2, -0.15) is 0 Å². The van der Waals surface area contributed by atoms with Crippen molar-refractivity contribution in [2.45, 2.75) is 14.1 Å². The zero-order valence-corrected chi connectivity index (χ0v) is 17.9. The molecule has 3 aromatic carbocycles. The molecule has 3 nitrogen and oxygen atoms in total. The molecule has 0 saturated carbocycles. The van der Waals surface area contributed by atoms with Crippen LogP contribution in [-0.4, -0.2) is 16.6 Å². The molecule has 144 valence electrons. The first-order valence-corrected chi connectivity index (χ1v) is 11.7. The van der Waals surface area contributed by atoms with Gasteiger partial charge in [0, 0.05) is 20.7 Å². The van der Waals surface area contributed by atoms with E-state index in [2.05, 4.69) is 22.4 Å². The number of nitrogens with one attached hydrogen (secondary N) is 1. The average Bonchev–Trinajstić information content (AvgIpc) is 3.24. The van der Waals surface area contributed by atoms with Gasteiger partial charge in [-0.1, -0.05) is 84.2 Å². The summed E-state index contributed by atoms with van der Waals surface area (Å²) in [4.78, 5) is 19.3. The normalized spacial score (nSPS) is 10.6. The molecular formula is C23H18N2OS3. The van der Waals surface area contributed by atoms with E-state index in [0.717, 1.165) is 31.1 Å². The van der Waals surface area contributed by atoms with Crippen LogP contribution in [0.15, 0.2) is 104 Å². The summed E-state index contributed by atoms with van der Waals surface area (Å²) in [6.07, 6.45) is 0. The van der Waals surface area contributed by atoms with E-state index in [-0.39, 0.29) is 5.91 Å². The highest BCUT2D eigenvalue weighted by Crippen LogP contribution is 2.33. The van der Waals surface area contributed by atoms with Crippen LogP contribution < -0.4 is 5.32 Å². The summed E-state index contributed by atoms with van der Waals surface area (Å²) < 4.78 is 0.894. The third-order valence-corrected chi connectivity index (χ3v) is 7.12. The Kier molecular flexibility index (Phi) is 6.67. The highest BCUT2D eigenvalue weighted by Gasteiger charge is 2.11. The summed E-state index contributed by atoms with van der Waals surface area (Å²) in [7, 11) is 0. The van der Waals surface area contributed by atoms with Gasteiger partial charge in [0.25, 0.3) is 0 Å². The molecule has 0 aliphatic heterocycles. The zero-order chi connectivity index (χ0) is 19.9. The Bertz CT molecular complexity index is 1080. The highest BCUT2D eigenvalue weighted by molar-refractivity contribution is 8.01. The molecule has 1 heterocycles. The predicted molar refractivity (Wildman–Crippen MR) is 124 cm³/mol. The summed E-state index contributed by atoms with van der Waals surface area (Å²) in [6, 6.07) is 28.1. The number of aromatic nitrogens is 1. The summed E-state index contributed by atoms with van der Waals surface area (Å²) in [5.74, 6) is 0.291. The lowest BCUT2D eigenvalue weighted by atomic mass is 10.2. The zero-order valence-electron chi connectivity index (χ0n) is 15.4. The van der Waals surface area contributed by atoms with E-state index in [0.29, 0.717) is 5.75 Å². The van der Waals surface area contributed by atoms with E-state index < -0.39 is 0 Å². The molecular weight excluding hydrogens is 416 g/mol. The van der Waals surface area contributed by atoms with Crippen LogP contribution in [0.5, 0.6) is 0 Å². The van der Waals surface area contributed by atoms with Gasteiger partial charge >= 0.3 is 0 Å². The molecule has 4 aromatic rings. The van der Waals surface area contributed by atoms with Crippen LogP contribution in [-0.2, 0) is 4.79 Å². The minimum absolute atomic E-state index is 0.0347. The van der Waals surface area contributed by atoms with Crippen molar-refractivity contribution in [3.63, 3.8) is 0 Å². The van der Waals surface area contributed by atoms with Gasteiger partial charge in [-0.05, 0) is 24.3 Å². The number of rotatable bonds is 7. The monoisotopic (exact) mass is 434 g/mol. The maximum absolute atomic E-state index is 12.5. The van der Waals surface area contributed by atoms with Gasteiger partial charge in [-0.15, -0.1) is 11.3 Å². The molecule has 0 radical (unpaired) electrons. The largest absolute Gasteiger partial charge is 0.324 e. The predicted octanol–water partition coefficient (Wildman–Crippen LogP) is 6.69. The maximum atomic E-state index is 12.5. The third-order valence-electron chi connectivity index (χ3n) is 4.01. The van der Waals surface area contributed by atoms with E-state index >= 15 is 0 Å². The first kappa shape index (κ1) is 19.8. The Labute approximate surface area is 182 Å². The van der Waals surface area contributed by atoms with Crippen LogP contribution in [0.3, 0.4) is 0 Å². The van der Waals surface area contributed by atoms with Crippen molar-refractivity contribution in [2.75, 3.05) is 11.1 Å². The van der Waals surface area contributed by atoms with Crippen molar-refractivity contribution < 1.29 is 4.79 Å². The molecule has 1 amide bonds. The lowest BCUT2D eigenvalue weighted by Crippen LogP contribution is -2.14. The second-order valence-corrected chi connectivity index (χ2v) is 9.31. The van der Waals surface area contributed by atoms with Crippen LogP contribution in [0.1, 0.15) is 0 Å². The Morgan fingerprint density at radius 1 is 0.897 bits per heavy atom. The van der Waals surface area contributed by atoms with Gasteiger partial charge in [0.15, 0.2) is 4.34 Å². The number of hydrogen-bond donors (Lipinski definition) is 1. The minimum atomic E-state index is -0.0347. The smallest absolute Gasteiger partial charge is 0.234 e. The molecule has 0 aliphatic carbocycles. The molecule has 0 spiro atoms. The molecule has 0 fully saturated rings. The number of carbonyl (C=O) groups is 1. The first-order valence-electron chi connectivity index (χ1n) is 9.03. The summed E-state index contributed by atoms with van der Waals surface area (Å²) >= 11 is 4.67. The molecule has 1 N–H and O–H groups in total. The Balaban J connectivity index is 1.36. The van der Waals surface area contributed by atoms with E-state index in [1.165, 1.54) is 11.8 Å². The van der Waals surface area contributed by atoms with Crippen molar-refractivity contribution >= 4 is 46.5 Å². The van der Waals surface area contributed by atoms with Crippen molar-refractivity contribution in [3.05, 3.63) is 90.3 Å². The second-order valence-electron chi connectivity index (χ2n) is 6.11. The van der Waals surface area contributed by atoms with Gasteiger partial charge in [0.1, 0.15) is 0 Å². The van der Waals surface area contributed by atoms with Gasteiger partial charge < -0.3 is 5.32 Å². The quantitative estimate of drug-likeness (QED) is 0.329. The maximum Gasteiger partial charge on any atom is 0.234 e. The van der Waals surface area contributed by atoms with E-state index in [1.54, 1.807) is 23.1 Å². The number of thioether (sulfide) groups is 1. The lowest BCUT2D eigenvalue weighted by Gasteiger charge is -2.10. The number of hydrogen-bond acceptors (Lipinski definition) is 5. The van der Waals surface area contributed by atoms with Gasteiger partial charge in [0.2, 0.25) is 5.91 Å². The fourth-order valence-electron chi connectivity index (χ4n) is 2.65. The average molecular weight is 435 g/mol. The van der Waals surface area contributed by atoms with Crippen LogP contribution in [0, 0.1) is 0 Å². The van der Waals surface area contributed by atoms with E-state index in [9.17, 15) is 4.79 Å². The number of benzene rings is 3. The van der Waals surface area contributed by atoms with Gasteiger partial charge in [0.05, 0.1) is 17.1 Å². The summed E-state index contributed by atoms with van der Waals surface area (Å²) in [5.41, 5.74) is 2.87. The van der Waals surface area contributed by atoms with Crippen molar-refractivity contribution in [2.24, 2.45) is 0 Å². The minimum Gasteiger partial charge on any atom is -0.324 e. The molecule has 0 atom stereocenters. The highest BCUT2D eigenvalue weighted by atomic mass is 32.2. The number of amides is 1.